The fourth-order valence-electron chi connectivity index (χ4n) is 2.99. The van der Waals surface area contributed by atoms with Crippen LogP contribution in [0.5, 0.6) is 11.5 Å². The molecule has 2 rings (SSSR count). The number of likely N-dealkylation sites (tertiary alicyclic amines) is 1. The van der Waals surface area contributed by atoms with Crippen molar-refractivity contribution in [3.63, 3.8) is 0 Å². The largest absolute Gasteiger partial charge is 0.490 e. The fraction of sp³-hybridized carbons (Fsp3) is 0.667. The molecule has 2 N–H and O–H groups in total. The maximum absolute atomic E-state index is 5.98. The van der Waals surface area contributed by atoms with Gasteiger partial charge in [-0.15, -0.1) is 12.4 Å². The van der Waals surface area contributed by atoms with Crippen molar-refractivity contribution in [3.8, 4) is 11.5 Å². The third-order valence-electron chi connectivity index (χ3n) is 4.33. The van der Waals surface area contributed by atoms with Gasteiger partial charge in [-0.3, -0.25) is 4.90 Å². The minimum atomic E-state index is 0. The van der Waals surface area contributed by atoms with Crippen molar-refractivity contribution in [3.05, 3.63) is 23.8 Å². The molecule has 1 saturated heterocycles. The molecule has 1 unspecified atom stereocenters. The summed E-state index contributed by atoms with van der Waals surface area (Å²) >= 11 is 0. The van der Waals surface area contributed by atoms with E-state index in [0.717, 1.165) is 50.7 Å². The van der Waals surface area contributed by atoms with Gasteiger partial charge in [0.1, 0.15) is 0 Å². The molecule has 1 aromatic carbocycles. The van der Waals surface area contributed by atoms with Crippen LogP contribution in [0.25, 0.3) is 0 Å². The number of rotatable bonds is 8. The summed E-state index contributed by atoms with van der Waals surface area (Å²) in [5.41, 5.74) is 7.37. The van der Waals surface area contributed by atoms with Gasteiger partial charge < -0.3 is 15.2 Å². The van der Waals surface area contributed by atoms with Crippen LogP contribution in [0.2, 0.25) is 0 Å². The van der Waals surface area contributed by atoms with Gasteiger partial charge in [-0.2, -0.15) is 0 Å². The number of nitrogens with zero attached hydrogens (tertiary/aromatic N) is 1. The molecule has 132 valence electrons. The van der Waals surface area contributed by atoms with Gasteiger partial charge in [0.25, 0.3) is 0 Å². The summed E-state index contributed by atoms with van der Waals surface area (Å²) < 4.78 is 11.7. The lowest BCUT2D eigenvalue weighted by atomic mass is 9.90. The van der Waals surface area contributed by atoms with Gasteiger partial charge in [-0.1, -0.05) is 26.0 Å². The van der Waals surface area contributed by atoms with Crippen LogP contribution in [0.4, 0.5) is 0 Å². The zero-order valence-electron chi connectivity index (χ0n) is 14.6. The Labute approximate surface area is 146 Å². The highest BCUT2D eigenvalue weighted by atomic mass is 35.5. The first kappa shape index (κ1) is 20.1. The summed E-state index contributed by atoms with van der Waals surface area (Å²) in [5, 5.41) is 0. The standard InChI is InChI=1S/C18H30N2O2.ClH/c1-4-11-22-17-15(7-6-8-16(17)21-5-2)12-20-10-9-18(3,13-19)14-20;/h6-8H,4-5,9-14,19H2,1-3H3;1H. The molecule has 23 heavy (non-hydrogen) atoms. The van der Waals surface area contributed by atoms with Crippen LogP contribution in [-0.4, -0.2) is 37.7 Å². The molecule has 0 bridgehead atoms. The molecular formula is C18H31ClN2O2. The molecule has 1 aliphatic rings. The molecule has 1 atom stereocenters. The average Bonchev–Trinajstić information content (AvgIpc) is 2.89. The highest BCUT2D eigenvalue weighted by Crippen LogP contribution is 2.35. The average molecular weight is 343 g/mol. The Morgan fingerprint density at radius 2 is 2.04 bits per heavy atom. The SMILES string of the molecule is CCCOc1c(CN2CCC(C)(CN)C2)cccc1OCC.Cl. The number of nitrogens with two attached hydrogens (primary N) is 1. The van der Waals surface area contributed by atoms with E-state index in [1.807, 2.05) is 13.0 Å². The lowest BCUT2D eigenvalue weighted by molar-refractivity contribution is 0.253. The first-order valence-corrected chi connectivity index (χ1v) is 8.41. The Bertz CT molecular complexity index is 484. The van der Waals surface area contributed by atoms with Crippen molar-refractivity contribution in [2.45, 2.75) is 40.2 Å². The monoisotopic (exact) mass is 342 g/mol. The fourth-order valence-corrected chi connectivity index (χ4v) is 2.99. The molecule has 1 fully saturated rings. The third kappa shape index (κ3) is 5.27. The van der Waals surface area contributed by atoms with Crippen LogP contribution in [0, 0.1) is 5.41 Å². The van der Waals surface area contributed by atoms with Crippen LogP contribution in [0.1, 0.15) is 39.2 Å². The van der Waals surface area contributed by atoms with E-state index in [1.54, 1.807) is 0 Å². The lowest BCUT2D eigenvalue weighted by Crippen LogP contribution is -2.31. The van der Waals surface area contributed by atoms with Gasteiger partial charge >= 0.3 is 0 Å². The predicted molar refractivity (Wildman–Crippen MR) is 97.7 cm³/mol. The number of para-hydroxylation sites is 1. The van der Waals surface area contributed by atoms with E-state index in [0.29, 0.717) is 6.61 Å². The molecule has 1 heterocycles. The Hall–Kier alpha value is -0.970. The molecule has 0 spiro atoms. The molecule has 1 aromatic rings. The number of halogens is 1. The Morgan fingerprint density at radius 1 is 1.26 bits per heavy atom. The zero-order chi connectivity index (χ0) is 16.0. The quantitative estimate of drug-likeness (QED) is 0.785. The van der Waals surface area contributed by atoms with Gasteiger partial charge in [-0.25, -0.2) is 0 Å². The van der Waals surface area contributed by atoms with E-state index in [2.05, 4.69) is 30.9 Å². The molecule has 0 aromatic heterocycles. The molecular weight excluding hydrogens is 312 g/mol. The number of benzene rings is 1. The third-order valence-corrected chi connectivity index (χ3v) is 4.33. The van der Waals surface area contributed by atoms with Gasteiger partial charge in [-0.05, 0) is 44.3 Å². The molecule has 0 radical (unpaired) electrons. The first-order chi connectivity index (χ1) is 10.6. The van der Waals surface area contributed by atoms with Gasteiger partial charge in [0, 0.05) is 18.7 Å². The van der Waals surface area contributed by atoms with E-state index in [1.165, 1.54) is 12.0 Å². The van der Waals surface area contributed by atoms with E-state index >= 15 is 0 Å². The second kappa shape index (κ2) is 9.36. The van der Waals surface area contributed by atoms with E-state index < -0.39 is 0 Å². The second-order valence-electron chi connectivity index (χ2n) is 6.50. The van der Waals surface area contributed by atoms with Crippen LogP contribution in [0.3, 0.4) is 0 Å². The van der Waals surface area contributed by atoms with E-state index in [-0.39, 0.29) is 17.8 Å². The molecule has 0 aliphatic carbocycles. The molecule has 0 saturated carbocycles. The number of hydrogen-bond donors (Lipinski definition) is 1. The first-order valence-electron chi connectivity index (χ1n) is 8.41. The molecule has 1 aliphatic heterocycles. The summed E-state index contributed by atoms with van der Waals surface area (Å²) in [6.07, 6.45) is 2.16. The number of hydrogen-bond acceptors (Lipinski definition) is 4. The van der Waals surface area contributed by atoms with Crippen molar-refractivity contribution in [1.29, 1.82) is 0 Å². The minimum Gasteiger partial charge on any atom is -0.490 e. The van der Waals surface area contributed by atoms with Crippen LogP contribution < -0.4 is 15.2 Å². The Kier molecular flexibility index (Phi) is 8.17. The molecule has 5 heteroatoms. The van der Waals surface area contributed by atoms with Crippen LogP contribution in [-0.2, 0) is 6.54 Å². The van der Waals surface area contributed by atoms with Crippen molar-refractivity contribution >= 4 is 12.4 Å². The topological polar surface area (TPSA) is 47.7 Å². The van der Waals surface area contributed by atoms with Crippen molar-refractivity contribution in [2.75, 3.05) is 32.8 Å². The Morgan fingerprint density at radius 3 is 2.65 bits per heavy atom. The second-order valence-corrected chi connectivity index (χ2v) is 6.50. The van der Waals surface area contributed by atoms with E-state index in [4.69, 9.17) is 15.2 Å². The van der Waals surface area contributed by atoms with Gasteiger partial charge in [0.2, 0.25) is 0 Å². The zero-order valence-corrected chi connectivity index (χ0v) is 15.5. The lowest BCUT2D eigenvalue weighted by Gasteiger charge is -2.24. The molecule has 4 nitrogen and oxygen atoms in total. The van der Waals surface area contributed by atoms with Crippen LogP contribution >= 0.6 is 12.4 Å². The normalized spacial score (nSPS) is 21.0. The van der Waals surface area contributed by atoms with Crippen LogP contribution in [0.15, 0.2) is 18.2 Å². The van der Waals surface area contributed by atoms with Crippen molar-refractivity contribution < 1.29 is 9.47 Å². The predicted octanol–water partition coefficient (Wildman–Crippen LogP) is 3.47. The van der Waals surface area contributed by atoms with Crippen molar-refractivity contribution in [2.24, 2.45) is 11.1 Å². The maximum atomic E-state index is 5.98. The minimum absolute atomic E-state index is 0. The highest BCUT2D eigenvalue weighted by Gasteiger charge is 2.32. The summed E-state index contributed by atoms with van der Waals surface area (Å²) in [6.45, 7) is 11.6. The summed E-state index contributed by atoms with van der Waals surface area (Å²) in [7, 11) is 0. The highest BCUT2D eigenvalue weighted by molar-refractivity contribution is 5.85. The van der Waals surface area contributed by atoms with Gasteiger partial charge in [0.15, 0.2) is 11.5 Å². The smallest absolute Gasteiger partial charge is 0.165 e. The number of ether oxygens (including phenoxy) is 2. The Balaban J connectivity index is 0.00000264. The van der Waals surface area contributed by atoms with Crippen molar-refractivity contribution in [1.82, 2.24) is 4.90 Å². The summed E-state index contributed by atoms with van der Waals surface area (Å²) in [5.74, 6) is 1.77. The molecule has 0 amide bonds. The summed E-state index contributed by atoms with van der Waals surface area (Å²) in [6, 6.07) is 6.19. The van der Waals surface area contributed by atoms with Gasteiger partial charge in [0.05, 0.1) is 13.2 Å². The van der Waals surface area contributed by atoms with E-state index in [9.17, 15) is 0 Å². The summed E-state index contributed by atoms with van der Waals surface area (Å²) in [4.78, 5) is 2.47. The maximum Gasteiger partial charge on any atom is 0.165 e.